The smallest absolute Gasteiger partial charge is 0.211 e. The average Bonchev–Trinajstić information content (AvgIpc) is 2.49. The van der Waals surface area contributed by atoms with Gasteiger partial charge in [0.05, 0.1) is 13.1 Å². The summed E-state index contributed by atoms with van der Waals surface area (Å²) in [7, 11) is 0. The van der Waals surface area contributed by atoms with E-state index in [1.165, 1.54) is 11.1 Å². The van der Waals surface area contributed by atoms with Crippen LogP contribution >= 0.6 is 0 Å². The highest BCUT2D eigenvalue weighted by atomic mass is 16.1. The molecule has 0 radical (unpaired) electrons. The van der Waals surface area contributed by atoms with E-state index < -0.39 is 0 Å². The maximum atomic E-state index is 10.4. The highest BCUT2D eigenvalue weighted by Crippen LogP contribution is 2.27. The van der Waals surface area contributed by atoms with Crippen molar-refractivity contribution in [3.8, 4) is 0 Å². The standard InChI is InChI=1S/C16H20N2O2/c1-4-12-7-13(5-2)16(9-18-11-20)14(6-3)15(12)8-17-10-19/h7H,4-6,8-9H2,1-3H3. The summed E-state index contributed by atoms with van der Waals surface area (Å²) in [5.41, 5.74) is 5.71. The van der Waals surface area contributed by atoms with E-state index in [0.717, 1.165) is 36.0 Å². The van der Waals surface area contributed by atoms with Crippen molar-refractivity contribution in [1.29, 1.82) is 0 Å². The van der Waals surface area contributed by atoms with Crippen LogP contribution in [0.25, 0.3) is 0 Å². The lowest BCUT2D eigenvalue weighted by atomic mass is 9.88. The fourth-order valence-corrected chi connectivity index (χ4v) is 2.63. The Morgan fingerprint density at radius 1 is 0.800 bits per heavy atom. The van der Waals surface area contributed by atoms with Crippen LogP contribution in [0.5, 0.6) is 0 Å². The number of carbonyl (C=O) groups excluding carboxylic acids is 2. The van der Waals surface area contributed by atoms with E-state index in [9.17, 15) is 9.59 Å². The average molecular weight is 272 g/mol. The van der Waals surface area contributed by atoms with Crippen molar-refractivity contribution in [1.82, 2.24) is 0 Å². The Morgan fingerprint density at radius 3 is 1.55 bits per heavy atom. The van der Waals surface area contributed by atoms with Crippen LogP contribution in [0.4, 0.5) is 0 Å². The van der Waals surface area contributed by atoms with E-state index in [-0.39, 0.29) is 0 Å². The van der Waals surface area contributed by atoms with E-state index in [1.54, 1.807) is 12.2 Å². The first-order valence-corrected chi connectivity index (χ1v) is 6.95. The van der Waals surface area contributed by atoms with Gasteiger partial charge in [0.25, 0.3) is 0 Å². The molecule has 1 rings (SSSR count). The summed E-state index contributed by atoms with van der Waals surface area (Å²) in [6.45, 7) is 6.93. The van der Waals surface area contributed by atoms with Gasteiger partial charge in [-0.3, -0.25) is 0 Å². The van der Waals surface area contributed by atoms with Gasteiger partial charge in [0.1, 0.15) is 0 Å². The molecule has 0 saturated carbocycles. The van der Waals surface area contributed by atoms with E-state index in [4.69, 9.17) is 0 Å². The quantitative estimate of drug-likeness (QED) is 0.566. The summed E-state index contributed by atoms with van der Waals surface area (Å²) in [5, 5.41) is 0. The van der Waals surface area contributed by atoms with Crippen molar-refractivity contribution < 1.29 is 9.59 Å². The fourth-order valence-electron chi connectivity index (χ4n) is 2.63. The second kappa shape index (κ2) is 8.21. The first kappa shape index (κ1) is 16.0. The molecular weight excluding hydrogens is 252 g/mol. The third kappa shape index (κ3) is 3.51. The van der Waals surface area contributed by atoms with Crippen LogP contribution in [-0.2, 0) is 41.9 Å². The number of isocyanates is 2. The molecule has 0 bridgehead atoms. The minimum atomic E-state index is 0.345. The Balaban J connectivity index is 3.53. The molecule has 106 valence electrons. The molecule has 0 aliphatic carbocycles. The highest BCUT2D eigenvalue weighted by molar-refractivity contribution is 5.48. The molecule has 4 nitrogen and oxygen atoms in total. The van der Waals surface area contributed by atoms with Crippen LogP contribution in [0, 0.1) is 0 Å². The van der Waals surface area contributed by atoms with E-state index in [2.05, 4.69) is 36.8 Å². The highest BCUT2D eigenvalue weighted by Gasteiger charge is 2.15. The van der Waals surface area contributed by atoms with Crippen molar-refractivity contribution in [2.75, 3.05) is 0 Å². The van der Waals surface area contributed by atoms with E-state index in [1.807, 2.05) is 0 Å². The van der Waals surface area contributed by atoms with Gasteiger partial charge in [0.15, 0.2) is 0 Å². The van der Waals surface area contributed by atoms with Gasteiger partial charge in [0.2, 0.25) is 12.2 Å². The SMILES string of the molecule is CCc1cc(CC)c(CN=C=O)c(CC)c1CN=C=O. The molecule has 0 amide bonds. The molecular formula is C16H20N2O2. The van der Waals surface area contributed by atoms with E-state index >= 15 is 0 Å². The topological polar surface area (TPSA) is 58.9 Å². The first-order chi connectivity index (χ1) is 9.73. The van der Waals surface area contributed by atoms with Crippen LogP contribution < -0.4 is 0 Å². The number of benzene rings is 1. The predicted molar refractivity (Wildman–Crippen MR) is 78.2 cm³/mol. The molecule has 0 atom stereocenters. The minimum absolute atomic E-state index is 0.345. The molecule has 1 aromatic carbocycles. The summed E-state index contributed by atoms with van der Waals surface area (Å²) in [4.78, 5) is 28.2. The Bertz CT molecular complexity index is 520. The fraction of sp³-hybridized carbons (Fsp3) is 0.500. The van der Waals surface area contributed by atoms with Crippen LogP contribution in [0.3, 0.4) is 0 Å². The summed E-state index contributed by atoms with van der Waals surface area (Å²) in [6, 6.07) is 2.14. The molecule has 20 heavy (non-hydrogen) atoms. The molecule has 0 fully saturated rings. The molecule has 0 spiro atoms. The molecule has 4 heteroatoms. The number of rotatable bonds is 7. The van der Waals surface area contributed by atoms with Crippen molar-refractivity contribution >= 4 is 12.2 Å². The van der Waals surface area contributed by atoms with Crippen LogP contribution in [0.1, 0.15) is 48.6 Å². The molecule has 1 aromatic rings. The summed E-state index contributed by atoms with van der Waals surface area (Å²) >= 11 is 0. The van der Waals surface area contributed by atoms with Gasteiger partial charge in [-0.25, -0.2) is 19.6 Å². The van der Waals surface area contributed by atoms with Crippen molar-refractivity contribution in [3.05, 3.63) is 33.9 Å². The Labute approximate surface area is 119 Å². The Morgan fingerprint density at radius 2 is 1.25 bits per heavy atom. The monoisotopic (exact) mass is 272 g/mol. The minimum Gasteiger partial charge on any atom is -0.211 e. The lowest BCUT2D eigenvalue weighted by molar-refractivity contribution is 0.562. The third-order valence-corrected chi connectivity index (χ3v) is 3.57. The van der Waals surface area contributed by atoms with Gasteiger partial charge in [-0.1, -0.05) is 26.8 Å². The van der Waals surface area contributed by atoms with Crippen LogP contribution in [0.15, 0.2) is 16.1 Å². The number of aryl methyl sites for hydroxylation is 2. The van der Waals surface area contributed by atoms with Gasteiger partial charge < -0.3 is 0 Å². The number of hydrogen-bond acceptors (Lipinski definition) is 4. The van der Waals surface area contributed by atoms with Gasteiger partial charge in [-0.15, -0.1) is 0 Å². The molecule has 0 aromatic heterocycles. The van der Waals surface area contributed by atoms with Crippen molar-refractivity contribution in [2.24, 2.45) is 9.98 Å². The zero-order valence-electron chi connectivity index (χ0n) is 12.3. The van der Waals surface area contributed by atoms with Gasteiger partial charge in [-0.05, 0) is 47.1 Å². The Kier molecular flexibility index (Phi) is 6.58. The zero-order chi connectivity index (χ0) is 15.0. The van der Waals surface area contributed by atoms with E-state index in [0.29, 0.717) is 13.1 Å². The van der Waals surface area contributed by atoms with Gasteiger partial charge in [-0.2, -0.15) is 0 Å². The molecule has 0 N–H and O–H groups in total. The maximum Gasteiger partial charge on any atom is 0.235 e. The molecule has 0 aliphatic rings. The molecule has 0 heterocycles. The van der Waals surface area contributed by atoms with Crippen LogP contribution in [0.2, 0.25) is 0 Å². The zero-order valence-corrected chi connectivity index (χ0v) is 12.3. The second-order valence-corrected chi connectivity index (χ2v) is 4.51. The lowest BCUT2D eigenvalue weighted by Crippen LogP contribution is -2.07. The van der Waals surface area contributed by atoms with Gasteiger partial charge >= 0.3 is 0 Å². The Hall–Kier alpha value is -2.02. The summed E-state index contributed by atoms with van der Waals surface area (Å²) < 4.78 is 0. The number of nitrogens with zero attached hydrogens (tertiary/aromatic N) is 2. The lowest BCUT2D eigenvalue weighted by Gasteiger charge is -2.19. The van der Waals surface area contributed by atoms with Gasteiger partial charge in [0, 0.05) is 0 Å². The maximum absolute atomic E-state index is 10.4. The van der Waals surface area contributed by atoms with Crippen molar-refractivity contribution in [3.63, 3.8) is 0 Å². The summed E-state index contributed by atoms with van der Waals surface area (Å²) in [5.74, 6) is 0. The normalized spacial score (nSPS) is 9.75. The summed E-state index contributed by atoms with van der Waals surface area (Å²) in [6.07, 6.45) is 5.81. The second-order valence-electron chi connectivity index (χ2n) is 4.51. The molecule has 0 aliphatic heterocycles. The number of aliphatic imine (C=N–C) groups is 2. The molecule has 0 unspecified atom stereocenters. The predicted octanol–water partition coefficient (Wildman–Crippen LogP) is 3.05. The first-order valence-electron chi connectivity index (χ1n) is 6.95. The van der Waals surface area contributed by atoms with Crippen molar-refractivity contribution in [2.45, 2.75) is 53.1 Å². The molecule has 0 saturated heterocycles. The third-order valence-electron chi connectivity index (χ3n) is 3.57. The number of hydrogen-bond donors (Lipinski definition) is 0. The van der Waals surface area contributed by atoms with Crippen LogP contribution in [-0.4, -0.2) is 12.2 Å². The largest absolute Gasteiger partial charge is 0.235 e.